The van der Waals surface area contributed by atoms with Crippen LogP contribution < -0.4 is 5.32 Å². The van der Waals surface area contributed by atoms with Crippen molar-refractivity contribution in [1.82, 2.24) is 10.2 Å². The molecule has 5 heteroatoms. The zero-order valence-electron chi connectivity index (χ0n) is 10.9. The van der Waals surface area contributed by atoms with Crippen molar-refractivity contribution in [3.05, 3.63) is 29.8 Å². The second-order valence-electron chi connectivity index (χ2n) is 4.75. The van der Waals surface area contributed by atoms with E-state index in [9.17, 15) is 8.42 Å². The highest BCUT2D eigenvalue weighted by Crippen LogP contribution is 2.20. The van der Waals surface area contributed by atoms with Gasteiger partial charge in [-0.25, -0.2) is 8.42 Å². The fourth-order valence-electron chi connectivity index (χ4n) is 2.23. The van der Waals surface area contributed by atoms with Crippen molar-refractivity contribution in [2.24, 2.45) is 0 Å². The van der Waals surface area contributed by atoms with Gasteiger partial charge in [0.1, 0.15) is 5.37 Å². The number of piperazine rings is 1. The molecular formula is C13H20N2O2S. The van der Waals surface area contributed by atoms with E-state index in [1.807, 2.05) is 17.9 Å². The van der Waals surface area contributed by atoms with Crippen molar-refractivity contribution in [3.8, 4) is 0 Å². The standard InChI is InChI=1S/C13H20N2O2S/c1-11-4-3-5-13(10-11)18(16,17)12(2)15-8-6-14-7-9-15/h3-5,10,12,14H,6-9H2,1-2H3. The van der Waals surface area contributed by atoms with E-state index in [1.165, 1.54) is 0 Å². The quantitative estimate of drug-likeness (QED) is 0.889. The van der Waals surface area contributed by atoms with Crippen molar-refractivity contribution in [2.75, 3.05) is 26.2 Å². The van der Waals surface area contributed by atoms with Crippen LogP contribution in [0.5, 0.6) is 0 Å². The van der Waals surface area contributed by atoms with Gasteiger partial charge in [0.15, 0.2) is 9.84 Å². The predicted octanol–water partition coefficient (Wildman–Crippen LogP) is 1.02. The first-order valence-electron chi connectivity index (χ1n) is 6.27. The molecule has 4 nitrogen and oxygen atoms in total. The molecule has 0 bridgehead atoms. The summed E-state index contributed by atoms with van der Waals surface area (Å²) in [4.78, 5) is 2.45. The predicted molar refractivity (Wildman–Crippen MR) is 72.3 cm³/mol. The van der Waals surface area contributed by atoms with Crippen LogP contribution >= 0.6 is 0 Å². The Hall–Kier alpha value is -0.910. The van der Waals surface area contributed by atoms with Crippen LogP contribution in [0.2, 0.25) is 0 Å². The average Bonchev–Trinajstić information content (AvgIpc) is 2.39. The van der Waals surface area contributed by atoms with Crippen LogP contribution in [0.1, 0.15) is 12.5 Å². The highest BCUT2D eigenvalue weighted by atomic mass is 32.2. The van der Waals surface area contributed by atoms with Gasteiger partial charge in [-0.05, 0) is 31.5 Å². The molecule has 0 saturated carbocycles. The van der Waals surface area contributed by atoms with Crippen LogP contribution in [0.3, 0.4) is 0 Å². The number of sulfone groups is 1. The summed E-state index contributed by atoms with van der Waals surface area (Å²) in [7, 11) is -3.26. The van der Waals surface area contributed by atoms with Crippen LogP contribution in [0.4, 0.5) is 0 Å². The molecule has 18 heavy (non-hydrogen) atoms. The van der Waals surface area contributed by atoms with E-state index in [0.717, 1.165) is 31.7 Å². The smallest absolute Gasteiger partial charge is 0.194 e. The van der Waals surface area contributed by atoms with Crippen molar-refractivity contribution in [1.29, 1.82) is 0 Å². The third kappa shape index (κ3) is 2.74. The Morgan fingerprint density at radius 2 is 1.94 bits per heavy atom. The maximum Gasteiger partial charge on any atom is 0.194 e. The van der Waals surface area contributed by atoms with Gasteiger partial charge in [-0.15, -0.1) is 0 Å². The molecule has 0 aromatic heterocycles. The van der Waals surface area contributed by atoms with Gasteiger partial charge >= 0.3 is 0 Å². The molecule has 1 atom stereocenters. The third-order valence-electron chi connectivity index (χ3n) is 3.43. The highest BCUT2D eigenvalue weighted by molar-refractivity contribution is 7.92. The summed E-state index contributed by atoms with van der Waals surface area (Å²) in [6.07, 6.45) is 0. The number of rotatable bonds is 3. The minimum Gasteiger partial charge on any atom is -0.314 e. The molecule has 1 heterocycles. The lowest BCUT2D eigenvalue weighted by Crippen LogP contribution is -2.49. The van der Waals surface area contributed by atoms with E-state index < -0.39 is 15.2 Å². The van der Waals surface area contributed by atoms with Crippen molar-refractivity contribution < 1.29 is 8.42 Å². The third-order valence-corrected chi connectivity index (χ3v) is 5.54. The number of hydrogen-bond acceptors (Lipinski definition) is 4. The van der Waals surface area contributed by atoms with Crippen molar-refractivity contribution in [2.45, 2.75) is 24.1 Å². The number of hydrogen-bond donors (Lipinski definition) is 1. The molecule has 1 saturated heterocycles. The molecule has 0 aliphatic carbocycles. The molecule has 1 aliphatic heterocycles. The van der Waals surface area contributed by atoms with Gasteiger partial charge in [0, 0.05) is 26.2 Å². The normalized spacial score (nSPS) is 19.7. The topological polar surface area (TPSA) is 49.4 Å². The van der Waals surface area contributed by atoms with Crippen LogP contribution in [0.25, 0.3) is 0 Å². The molecule has 100 valence electrons. The van der Waals surface area contributed by atoms with Gasteiger partial charge in [0.25, 0.3) is 0 Å². The van der Waals surface area contributed by atoms with Crippen molar-refractivity contribution >= 4 is 9.84 Å². The summed E-state index contributed by atoms with van der Waals surface area (Å²) in [6.45, 7) is 6.97. The Morgan fingerprint density at radius 3 is 2.56 bits per heavy atom. The number of nitrogens with zero attached hydrogens (tertiary/aromatic N) is 1. The Morgan fingerprint density at radius 1 is 1.28 bits per heavy atom. The molecule has 0 amide bonds. The first kappa shape index (κ1) is 13.5. The van der Waals surface area contributed by atoms with Crippen LogP contribution in [0.15, 0.2) is 29.2 Å². The van der Waals surface area contributed by atoms with E-state index in [2.05, 4.69) is 5.32 Å². The zero-order chi connectivity index (χ0) is 13.2. The first-order chi connectivity index (χ1) is 8.51. The number of aryl methyl sites for hydroxylation is 1. The Kier molecular flexibility index (Phi) is 4.04. The first-order valence-corrected chi connectivity index (χ1v) is 7.82. The number of nitrogens with one attached hydrogen (secondary N) is 1. The van der Waals surface area contributed by atoms with Gasteiger partial charge in [0.05, 0.1) is 4.90 Å². The maximum absolute atomic E-state index is 12.5. The Bertz CT molecular complexity index is 507. The van der Waals surface area contributed by atoms with E-state index in [-0.39, 0.29) is 0 Å². The molecular weight excluding hydrogens is 248 g/mol. The zero-order valence-corrected chi connectivity index (χ0v) is 11.7. The maximum atomic E-state index is 12.5. The molecule has 1 fully saturated rings. The van der Waals surface area contributed by atoms with Crippen LogP contribution in [-0.4, -0.2) is 44.9 Å². The minimum atomic E-state index is -3.26. The summed E-state index contributed by atoms with van der Waals surface area (Å²) in [5.41, 5.74) is 0.976. The monoisotopic (exact) mass is 268 g/mol. The van der Waals surface area contributed by atoms with Gasteiger partial charge in [-0.2, -0.15) is 0 Å². The summed E-state index contributed by atoms with van der Waals surface area (Å²) in [5, 5.41) is 2.78. The summed E-state index contributed by atoms with van der Waals surface area (Å²) in [5.74, 6) is 0. The molecule has 1 unspecified atom stereocenters. The van der Waals surface area contributed by atoms with Crippen LogP contribution in [-0.2, 0) is 9.84 Å². The summed E-state index contributed by atoms with van der Waals surface area (Å²) >= 11 is 0. The minimum absolute atomic E-state index is 0.425. The van der Waals surface area contributed by atoms with E-state index >= 15 is 0 Å². The molecule has 2 rings (SSSR count). The van der Waals surface area contributed by atoms with Gasteiger partial charge in [0.2, 0.25) is 0 Å². The van der Waals surface area contributed by atoms with Crippen LogP contribution in [0, 0.1) is 6.92 Å². The second kappa shape index (κ2) is 5.38. The van der Waals surface area contributed by atoms with Crippen molar-refractivity contribution in [3.63, 3.8) is 0 Å². The lowest BCUT2D eigenvalue weighted by atomic mass is 10.2. The molecule has 1 aromatic carbocycles. The van der Waals surface area contributed by atoms with E-state index in [1.54, 1.807) is 25.1 Å². The van der Waals surface area contributed by atoms with E-state index in [0.29, 0.717) is 4.90 Å². The fraction of sp³-hybridized carbons (Fsp3) is 0.538. The lowest BCUT2D eigenvalue weighted by molar-refractivity contribution is 0.227. The average molecular weight is 268 g/mol. The summed E-state index contributed by atoms with van der Waals surface area (Å²) in [6, 6.07) is 7.14. The van der Waals surface area contributed by atoms with Gasteiger partial charge in [-0.1, -0.05) is 12.1 Å². The summed E-state index contributed by atoms with van der Waals surface area (Å²) < 4.78 is 25.0. The molecule has 1 N–H and O–H groups in total. The van der Waals surface area contributed by atoms with Gasteiger partial charge in [-0.3, -0.25) is 4.90 Å². The second-order valence-corrected chi connectivity index (χ2v) is 6.99. The largest absolute Gasteiger partial charge is 0.314 e. The SMILES string of the molecule is Cc1cccc(S(=O)(=O)C(C)N2CCNCC2)c1. The molecule has 0 spiro atoms. The number of benzene rings is 1. The van der Waals surface area contributed by atoms with Gasteiger partial charge < -0.3 is 5.32 Å². The Balaban J connectivity index is 2.24. The fourth-order valence-corrected chi connectivity index (χ4v) is 3.85. The lowest BCUT2D eigenvalue weighted by Gasteiger charge is -2.32. The highest BCUT2D eigenvalue weighted by Gasteiger charge is 2.29. The van der Waals surface area contributed by atoms with E-state index in [4.69, 9.17) is 0 Å². The molecule has 1 aliphatic rings. The molecule has 1 aromatic rings. The Labute approximate surface area is 109 Å². The molecule has 0 radical (unpaired) electrons.